The van der Waals surface area contributed by atoms with Crippen LogP contribution in [0.5, 0.6) is 5.75 Å². The Morgan fingerprint density at radius 3 is 2.07 bits per heavy atom. The van der Waals surface area contributed by atoms with E-state index in [1.807, 2.05) is 0 Å². The zero-order chi connectivity index (χ0) is 10.9. The molecule has 2 N–H and O–H groups in total. The van der Waals surface area contributed by atoms with E-state index in [1.54, 1.807) is 19.1 Å². The highest BCUT2D eigenvalue weighted by Gasteiger charge is 2.16. The van der Waals surface area contributed by atoms with Gasteiger partial charge in [0.2, 0.25) is 0 Å². The number of hydrogen-bond acceptors (Lipinski definition) is 2. The van der Waals surface area contributed by atoms with Gasteiger partial charge in [0.25, 0.3) is 0 Å². The minimum absolute atomic E-state index is 0.00673. The summed E-state index contributed by atoms with van der Waals surface area (Å²) in [7, 11) is 0. The SMILES string of the molecule is Cc1cc(Cl)c(OP(O)(O)=S)c(Cl)c1. The van der Waals surface area contributed by atoms with Crippen molar-refractivity contribution in [2.45, 2.75) is 6.92 Å². The van der Waals surface area contributed by atoms with Crippen LogP contribution in [0.25, 0.3) is 0 Å². The lowest BCUT2D eigenvalue weighted by Crippen LogP contribution is -1.92. The van der Waals surface area contributed by atoms with Crippen molar-refractivity contribution in [1.82, 2.24) is 0 Å². The molecule has 0 fully saturated rings. The van der Waals surface area contributed by atoms with Crippen molar-refractivity contribution < 1.29 is 14.3 Å². The molecule has 78 valence electrons. The third kappa shape index (κ3) is 3.39. The molecule has 0 saturated carbocycles. The van der Waals surface area contributed by atoms with E-state index in [9.17, 15) is 0 Å². The van der Waals surface area contributed by atoms with Gasteiger partial charge in [-0.1, -0.05) is 23.2 Å². The predicted molar refractivity (Wildman–Crippen MR) is 60.5 cm³/mol. The molecule has 0 saturated heterocycles. The van der Waals surface area contributed by atoms with Gasteiger partial charge in [-0.25, -0.2) is 0 Å². The lowest BCUT2D eigenvalue weighted by molar-refractivity contribution is 0.371. The largest absolute Gasteiger partial charge is 0.421 e. The molecule has 0 unspecified atom stereocenters. The molecule has 7 heteroatoms. The zero-order valence-electron chi connectivity index (χ0n) is 7.07. The maximum absolute atomic E-state index is 8.93. The summed E-state index contributed by atoms with van der Waals surface area (Å²) in [5.74, 6) is 0.00673. The molecule has 14 heavy (non-hydrogen) atoms. The average Bonchev–Trinajstić information content (AvgIpc) is 1.95. The zero-order valence-corrected chi connectivity index (χ0v) is 10.3. The van der Waals surface area contributed by atoms with Gasteiger partial charge in [-0.15, -0.1) is 0 Å². The Bertz CT molecular complexity index is 381. The Kier molecular flexibility index (Phi) is 3.81. The summed E-state index contributed by atoms with van der Waals surface area (Å²) in [5.41, 5.74) is 0.844. The van der Waals surface area contributed by atoms with E-state index in [2.05, 4.69) is 11.8 Å². The fraction of sp³-hybridized carbons (Fsp3) is 0.143. The molecular weight excluding hydrogens is 266 g/mol. The molecule has 0 aliphatic rings. The summed E-state index contributed by atoms with van der Waals surface area (Å²) < 4.78 is 4.69. The summed E-state index contributed by atoms with van der Waals surface area (Å²) >= 11 is 15.9. The lowest BCUT2D eigenvalue weighted by Gasteiger charge is -2.13. The van der Waals surface area contributed by atoms with Gasteiger partial charge in [0.05, 0.1) is 10.0 Å². The molecule has 3 nitrogen and oxygen atoms in total. The van der Waals surface area contributed by atoms with Crippen LogP contribution in [0.3, 0.4) is 0 Å². The third-order valence-corrected chi connectivity index (χ3v) is 2.56. The maximum Gasteiger partial charge on any atom is 0.375 e. The Labute approximate surface area is 96.5 Å². The van der Waals surface area contributed by atoms with E-state index < -0.39 is 6.72 Å². The van der Waals surface area contributed by atoms with E-state index in [0.717, 1.165) is 5.56 Å². The highest BCUT2D eigenvalue weighted by Crippen LogP contribution is 2.44. The number of aryl methyl sites for hydroxylation is 1. The van der Waals surface area contributed by atoms with Gasteiger partial charge in [0, 0.05) is 11.8 Å². The van der Waals surface area contributed by atoms with Crippen molar-refractivity contribution >= 4 is 41.7 Å². The lowest BCUT2D eigenvalue weighted by atomic mass is 10.2. The van der Waals surface area contributed by atoms with E-state index in [1.165, 1.54) is 0 Å². The van der Waals surface area contributed by atoms with E-state index in [0.29, 0.717) is 0 Å². The van der Waals surface area contributed by atoms with Crippen LogP contribution in [0.15, 0.2) is 12.1 Å². The van der Waals surface area contributed by atoms with Crippen LogP contribution in [0.1, 0.15) is 5.56 Å². The van der Waals surface area contributed by atoms with Crippen molar-refractivity contribution in [1.29, 1.82) is 0 Å². The number of hydrogen-bond donors (Lipinski definition) is 2. The molecule has 0 aliphatic carbocycles. The van der Waals surface area contributed by atoms with Crippen molar-refractivity contribution in [2.24, 2.45) is 0 Å². The number of halogens is 2. The highest BCUT2D eigenvalue weighted by molar-refractivity contribution is 8.06. The Hall–Kier alpha value is 0.170. The van der Waals surface area contributed by atoms with Gasteiger partial charge in [-0.05, 0) is 24.6 Å². The molecule has 0 aromatic heterocycles. The summed E-state index contributed by atoms with van der Waals surface area (Å²) in [5, 5.41) is 0.402. The molecule has 0 radical (unpaired) electrons. The predicted octanol–water partition coefficient (Wildman–Crippen LogP) is 2.89. The molecule has 0 amide bonds. The molecule has 0 aliphatic heterocycles. The normalized spacial score (nSPS) is 11.5. The molecule has 1 aromatic carbocycles. The average molecular weight is 273 g/mol. The second-order valence-corrected chi connectivity index (χ2v) is 6.04. The first-order chi connectivity index (χ1) is 6.29. The molecule has 1 aromatic rings. The van der Waals surface area contributed by atoms with Crippen LogP contribution in [-0.4, -0.2) is 9.79 Å². The summed E-state index contributed by atoms with van der Waals surface area (Å²) in [6.07, 6.45) is 0. The van der Waals surface area contributed by atoms with E-state index in [4.69, 9.17) is 37.5 Å². The molecule has 0 spiro atoms. The van der Waals surface area contributed by atoms with Gasteiger partial charge in [-0.3, -0.25) is 0 Å². The first-order valence-electron chi connectivity index (χ1n) is 3.50. The standard InChI is InChI=1S/C7H7Cl2O3PS/c1-4-2-5(8)7(6(9)3-4)12-13(10,11)14/h2-3H,1H3,(H2,10,11,14). The monoisotopic (exact) mass is 272 g/mol. The molecule has 0 heterocycles. The first kappa shape index (κ1) is 12.2. The van der Waals surface area contributed by atoms with Gasteiger partial charge in [0.15, 0.2) is 5.75 Å². The molecule has 0 bridgehead atoms. The highest BCUT2D eigenvalue weighted by atomic mass is 35.5. The third-order valence-electron chi connectivity index (χ3n) is 1.35. The maximum atomic E-state index is 8.93. The second-order valence-electron chi connectivity index (χ2n) is 2.64. The Morgan fingerprint density at radius 1 is 1.29 bits per heavy atom. The van der Waals surface area contributed by atoms with Gasteiger partial charge >= 0.3 is 6.72 Å². The fourth-order valence-electron chi connectivity index (χ4n) is 0.893. The second kappa shape index (κ2) is 4.35. The van der Waals surface area contributed by atoms with Crippen molar-refractivity contribution in [3.63, 3.8) is 0 Å². The van der Waals surface area contributed by atoms with E-state index in [-0.39, 0.29) is 15.8 Å². The van der Waals surface area contributed by atoms with Crippen molar-refractivity contribution in [3.05, 3.63) is 27.7 Å². The van der Waals surface area contributed by atoms with Crippen LogP contribution in [0.2, 0.25) is 10.0 Å². The van der Waals surface area contributed by atoms with Gasteiger partial charge in [0.1, 0.15) is 0 Å². The number of rotatable bonds is 2. The Morgan fingerprint density at radius 2 is 1.71 bits per heavy atom. The molecular formula is C7H7Cl2O3PS. The van der Waals surface area contributed by atoms with Crippen molar-refractivity contribution in [2.75, 3.05) is 0 Å². The van der Waals surface area contributed by atoms with Gasteiger partial charge in [-0.2, -0.15) is 0 Å². The van der Waals surface area contributed by atoms with Gasteiger partial charge < -0.3 is 14.3 Å². The molecule has 0 atom stereocenters. The molecule has 1 rings (SSSR count). The van der Waals surface area contributed by atoms with E-state index >= 15 is 0 Å². The Balaban J connectivity index is 3.15. The summed E-state index contributed by atoms with van der Waals surface area (Å²) in [6, 6.07) is 3.18. The van der Waals surface area contributed by atoms with Crippen LogP contribution in [0, 0.1) is 6.92 Å². The topological polar surface area (TPSA) is 49.7 Å². The van der Waals surface area contributed by atoms with Crippen LogP contribution in [0.4, 0.5) is 0 Å². The number of benzene rings is 1. The minimum Gasteiger partial charge on any atom is -0.421 e. The minimum atomic E-state index is -3.79. The van der Waals surface area contributed by atoms with Crippen molar-refractivity contribution in [3.8, 4) is 5.75 Å². The van der Waals surface area contributed by atoms with Crippen LogP contribution < -0.4 is 4.52 Å². The summed E-state index contributed by atoms with van der Waals surface area (Å²) in [6.45, 7) is -1.99. The first-order valence-corrected chi connectivity index (χ1v) is 6.88. The van der Waals surface area contributed by atoms with Crippen LogP contribution >= 0.6 is 29.9 Å². The smallest absolute Gasteiger partial charge is 0.375 e. The fourth-order valence-corrected chi connectivity index (χ4v) is 2.33. The quantitative estimate of drug-likeness (QED) is 0.813. The summed E-state index contributed by atoms with van der Waals surface area (Å²) in [4.78, 5) is 17.9. The van der Waals surface area contributed by atoms with Crippen LogP contribution in [-0.2, 0) is 11.8 Å².